The summed E-state index contributed by atoms with van der Waals surface area (Å²) in [5.41, 5.74) is 1.22. The predicted molar refractivity (Wildman–Crippen MR) is 93.9 cm³/mol. The normalized spacial score (nSPS) is 22.2. The van der Waals surface area contributed by atoms with Crippen molar-refractivity contribution in [2.24, 2.45) is 17.8 Å². The molecular weight excluding hydrogens is 318 g/mol. The molecule has 2 heterocycles. The lowest BCUT2D eigenvalue weighted by atomic mass is 9.88. The van der Waals surface area contributed by atoms with Gasteiger partial charge in [0, 0.05) is 10.8 Å². The molecule has 6 heteroatoms. The molecule has 2 N–H and O–H groups in total. The van der Waals surface area contributed by atoms with Crippen LogP contribution in [-0.2, 0) is 17.6 Å². The van der Waals surface area contributed by atoms with E-state index < -0.39 is 0 Å². The van der Waals surface area contributed by atoms with Crippen molar-refractivity contribution in [2.45, 2.75) is 46.0 Å². The molecule has 22 heavy (non-hydrogen) atoms. The number of carbonyl (C=O) groups is 1. The second kappa shape index (κ2) is 7.75. The highest BCUT2D eigenvalue weighted by molar-refractivity contribution is 7.15. The number of rotatable bonds is 5. The molecule has 2 atom stereocenters. The number of carbonyl (C=O) groups excluding carboxylic acids is 1. The van der Waals surface area contributed by atoms with Crippen molar-refractivity contribution in [3.05, 3.63) is 10.6 Å². The molecule has 0 saturated carbocycles. The van der Waals surface area contributed by atoms with Crippen LogP contribution < -0.4 is 10.6 Å². The van der Waals surface area contributed by atoms with E-state index in [1.54, 1.807) is 11.3 Å². The molecule has 4 nitrogen and oxygen atoms in total. The fourth-order valence-electron chi connectivity index (χ4n) is 3.25. The first-order valence-electron chi connectivity index (χ1n) is 8.17. The minimum absolute atomic E-state index is 0. The van der Waals surface area contributed by atoms with Crippen LogP contribution in [0.4, 0.5) is 5.13 Å². The molecule has 1 aromatic rings. The zero-order chi connectivity index (χ0) is 14.8. The van der Waals surface area contributed by atoms with Crippen LogP contribution in [0.5, 0.6) is 0 Å². The fourth-order valence-corrected chi connectivity index (χ4v) is 4.37. The van der Waals surface area contributed by atoms with Gasteiger partial charge in [0.25, 0.3) is 0 Å². The average Bonchev–Trinajstić information content (AvgIpc) is 2.78. The molecular formula is C16H26ClN3OS. The maximum Gasteiger partial charge on any atom is 0.229 e. The number of halogens is 1. The SMILES string of the molecule is CCCC1CCc2nc(NC(=O)C(C)C3CNC3)sc2C1.Cl. The van der Waals surface area contributed by atoms with Crippen molar-refractivity contribution in [2.75, 3.05) is 18.4 Å². The topological polar surface area (TPSA) is 54.0 Å². The Hall–Kier alpha value is -0.650. The third-order valence-corrected chi connectivity index (χ3v) is 5.94. The summed E-state index contributed by atoms with van der Waals surface area (Å²) in [6.07, 6.45) is 6.05. The highest BCUT2D eigenvalue weighted by Gasteiger charge is 2.29. The van der Waals surface area contributed by atoms with E-state index in [0.717, 1.165) is 37.0 Å². The molecule has 0 bridgehead atoms. The summed E-state index contributed by atoms with van der Waals surface area (Å²) < 4.78 is 0. The number of aryl methyl sites for hydroxylation is 1. The minimum atomic E-state index is 0. The molecule has 2 aliphatic rings. The molecule has 0 aromatic carbocycles. The van der Waals surface area contributed by atoms with Crippen molar-refractivity contribution in [1.82, 2.24) is 10.3 Å². The Kier molecular flexibility index (Phi) is 6.24. The summed E-state index contributed by atoms with van der Waals surface area (Å²) in [6, 6.07) is 0. The molecule has 1 aliphatic heterocycles. The zero-order valence-electron chi connectivity index (χ0n) is 13.4. The van der Waals surface area contributed by atoms with E-state index in [0.29, 0.717) is 5.92 Å². The van der Waals surface area contributed by atoms with E-state index in [1.165, 1.54) is 29.8 Å². The van der Waals surface area contributed by atoms with Crippen LogP contribution in [0.1, 0.15) is 43.7 Å². The maximum absolute atomic E-state index is 12.3. The van der Waals surface area contributed by atoms with Gasteiger partial charge in [-0.15, -0.1) is 23.7 Å². The van der Waals surface area contributed by atoms with Crippen LogP contribution in [0.15, 0.2) is 0 Å². The number of nitrogens with one attached hydrogen (secondary N) is 2. The van der Waals surface area contributed by atoms with Gasteiger partial charge in [0.15, 0.2) is 5.13 Å². The van der Waals surface area contributed by atoms with Crippen LogP contribution in [0.2, 0.25) is 0 Å². The van der Waals surface area contributed by atoms with Gasteiger partial charge in [-0.2, -0.15) is 0 Å². The highest BCUT2D eigenvalue weighted by Crippen LogP contribution is 2.34. The van der Waals surface area contributed by atoms with Gasteiger partial charge in [-0.3, -0.25) is 4.79 Å². The number of hydrogen-bond donors (Lipinski definition) is 2. The summed E-state index contributed by atoms with van der Waals surface area (Å²) in [4.78, 5) is 18.3. The van der Waals surface area contributed by atoms with E-state index in [2.05, 4.69) is 22.5 Å². The van der Waals surface area contributed by atoms with Crippen molar-refractivity contribution in [1.29, 1.82) is 0 Å². The van der Waals surface area contributed by atoms with Gasteiger partial charge in [0.05, 0.1) is 5.69 Å². The minimum Gasteiger partial charge on any atom is -0.316 e. The Balaban J connectivity index is 0.00000176. The zero-order valence-corrected chi connectivity index (χ0v) is 15.0. The first-order chi connectivity index (χ1) is 10.2. The maximum atomic E-state index is 12.3. The van der Waals surface area contributed by atoms with Crippen LogP contribution in [0, 0.1) is 17.8 Å². The van der Waals surface area contributed by atoms with E-state index in [9.17, 15) is 4.79 Å². The number of thiazole rings is 1. The number of amides is 1. The summed E-state index contributed by atoms with van der Waals surface area (Å²) in [5.74, 6) is 1.48. The molecule has 124 valence electrons. The standard InChI is InChI=1S/C16H25N3OS.ClH/c1-3-4-11-5-6-13-14(7-11)21-16(18-13)19-15(20)10(2)12-8-17-9-12;/h10-12,17H,3-9H2,1-2H3,(H,18,19,20);1H. The van der Waals surface area contributed by atoms with Gasteiger partial charge >= 0.3 is 0 Å². The number of anilines is 1. The first-order valence-corrected chi connectivity index (χ1v) is 8.99. The summed E-state index contributed by atoms with van der Waals surface area (Å²) in [7, 11) is 0. The Labute approximate surface area is 142 Å². The molecule has 0 radical (unpaired) electrons. The molecule has 1 amide bonds. The van der Waals surface area contributed by atoms with E-state index in [1.807, 2.05) is 6.92 Å². The van der Waals surface area contributed by atoms with Gasteiger partial charge in [0.1, 0.15) is 0 Å². The third kappa shape index (κ3) is 3.81. The van der Waals surface area contributed by atoms with Gasteiger partial charge in [-0.25, -0.2) is 4.98 Å². The third-order valence-electron chi connectivity index (χ3n) is 4.90. The largest absolute Gasteiger partial charge is 0.316 e. The Bertz CT molecular complexity index is 515. The number of hydrogen-bond acceptors (Lipinski definition) is 4. The molecule has 1 fully saturated rings. The summed E-state index contributed by atoms with van der Waals surface area (Å²) in [6.45, 7) is 6.19. The number of nitrogens with zero attached hydrogens (tertiary/aromatic N) is 1. The van der Waals surface area contributed by atoms with E-state index in [4.69, 9.17) is 0 Å². The second-order valence-electron chi connectivity index (χ2n) is 6.48. The summed E-state index contributed by atoms with van der Waals surface area (Å²) >= 11 is 1.69. The fraction of sp³-hybridized carbons (Fsp3) is 0.750. The lowest BCUT2D eigenvalue weighted by Crippen LogP contribution is -2.48. The molecule has 1 aliphatic carbocycles. The van der Waals surface area contributed by atoms with E-state index >= 15 is 0 Å². The van der Waals surface area contributed by atoms with Gasteiger partial charge in [-0.05, 0) is 44.2 Å². The number of fused-ring (bicyclic) bond motifs is 1. The smallest absolute Gasteiger partial charge is 0.229 e. The average molecular weight is 344 g/mol. The van der Waals surface area contributed by atoms with Gasteiger partial charge < -0.3 is 10.6 Å². The van der Waals surface area contributed by atoms with Crippen molar-refractivity contribution in [3.8, 4) is 0 Å². The first kappa shape index (κ1) is 17.7. The van der Waals surface area contributed by atoms with Crippen molar-refractivity contribution in [3.63, 3.8) is 0 Å². The lowest BCUT2D eigenvalue weighted by Gasteiger charge is -2.31. The molecule has 0 spiro atoms. The summed E-state index contributed by atoms with van der Waals surface area (Å²) in [5, 5.41) is 7.07. The van der Waals surface area contributed by atoms with E-state index in [-0.39, 0.29) is 24.2 Å². The van der Waals surface area contributed by atoms with Gasteiger partial charge in [-0.1, -0.05) is 26.7 Å². The van der Waals surface area contributed by atoms with Crippen LogP contribution in [-0.4, -0.2) is 24.0 Å². The second-order valence-corrected chi connectivity index (χ2v) is 7.57. The molecule has 1 saturated heterocycles. The lowest BCUT2D eigenvalue weighted by molar-refractivity contribution is -0.121. The van der Waals surface area contributed by atoms with Gasteiger partial charge in [0.2, 0.25) is 5.91 Å². The number of aromatic nitrogens is 1. The Morgan fingerprint density at radius 1 is 1.50 bits per heavy atom. The monoisotopic (exact) mass is 343 g/mol. The highest BCUT2D eigenvalue weighted by atomic mass is 35.5. The Morgan fingerprint density at radius 2 is 2.27 bits per heavy atom. The molecule has 1 aromatic heterocycles. The van der Waals surface area contributed by atoms with Crippen LogP contribution in [0.3, 0.4) is 0 Å². The van der Waals surface area contributed by atoms with Crippen molar-refractivity contribution >= 4 is 34.8 Å². The molecule has 2 unspecified atom stereocenters. The van der Waals surface area contributed by atoms with Crippen LogP contribution >= 0.6 is 23.7 Å². The van der Waals surface area contributed by atoms with Crippen molar-refractivity contribution < 1.29 is 4.79 Å². The quantitative estimate of drug-likeness (QED) is 0.862. The van der Waals surface area contributed by atoms with Crippen LogP contribution in [0.25, 0.3) is 0 Å². The molecule has 3 rings (SSSR count). The predicted octanol–water partition coefficient (Wildman–Crippen LogP) is 3.26. The Morgan fingerprint density at radius 3 is 2.91 bits per heavy atom.